The van der Waals surface area contributed by atoms with Crippen molar-refractivity contribution in [3.63, 3.8) is 0 Å². The fraction of sp³-hybridized carbons (Fsp3) is 0.100. The largest absolute Gasteiger partial charge is 0.441 e. The number of nitrogens with zero attached hydrogens (tertiary/aromatic N) is 4. The fourth-order valence-electron chi connectivity index (χ4n) is 3.42. The SMILES string of the molecule is Nc1cc([C@H](Cc2nc3ccccc3o2)c2ccccc2)c2nn[nH]c2n1. The number of anilines is 1. The molecule has 0 amide bonds. The van der Waals surface area contributed by atoms with Crippen LogP contribution in [-0.4, -0.2) is 25.4 Å². The topological polar surface area (TPSA) is 107 Å². The summed E-state index contributed by atoms with van der Waals surface area (Å²) < 4.78 is 5.96. The van der Waals surface area contributed by atoms with Crippen molar-refractivity contribution >= 4 is 28.1 Å². The van der Waals surface area contributed by atoms with Crippen LogP contribution in [0.25, 0.3) is 22.3 Å². The van der Waals surface area contributed by atoms with Crippen molar-refractivity contribution < 1.29 is 4.42 Å². The van der Waals surface area contributed by atoms with Crippen molar-refractivity contribution in [1.29, 1.82) is 0 Å². The standard InChI is InChI=1S/C20H16N6O/c21-17-10-14(19-20(23-17)25-26-24-19)13(12-6-2-1-3-7-12)11-18-22-15-8-4-5-9-16(15)27-18/h1-10,13H,11H2,(H3,21,23,24,25,26)/t13-/m1/s1. The Morgan fingerprint density at radius 3 is 2.67 bits per heavy atom. The third-order valence-corrected chi connectivity index (χ3v) is 4.64. The maximum Gasteiger partial charge on any atom is 0.196 e. The number of pyridine rings is 1. The second-order valence-electron chi connectivity index (χ2n) is 6.39. The summed E-state index contributed by atoms with van der Waals surface area (Å²) in [4.78, 5) is 8.91. The van der Waals surface area contributed by atoms with Crippen molar-refractivity contribution in [3.05, 3.63) is 77.7 Å². The van der Waals surface area contributed by atoms with Gasteiger partial charge in [-0.1, -0.05) is 47.7 Å². The molecule has 0 saturated carbocycles. The molecule has 132 valence electrons. The van der Waals surface area contributed by atoms with Crippen molar-refractivity contribution in [2.24, 2.45) is 0 Å². The lowest BCUT2D eigenvalue weighted by atomic mass is 9.88. The molecule has 0 fully saturated rings. The first kappa shape index (κ1) is 15.5. The van der Waals surface area contributed by atoms with E-state index >= 15 is 0 Å². The average Bonchev–Trinajstić information content (AvgIpc) is 3.32. The first-order chi connectivity index (χ1) is 13.3. The van der Waals surface area contributed by atoms with E-state index < -0.39 is 0 Å². The number of nitrogens with two attached hydrogens (primary N) is 1. The first-order valence-electron chi connectivity index (χ1n) is 8.64. The Kier molecular flexibility index (Phi) is 3.57. The molecule has 3 heterocycles. The summed E-state index contributed by atoms with van der Waals surface area (Å²) in [5, 5.41) is 10.9. The van der Waals surface area contributed by atoms with E-state index in [2.05, 4.69) is 37.5 Å². The van der Waals surface area contributed by atoms with Crippen LogP contribution >= 0.6 is 0 Å². The summed E-state index contributed by atoms with van der Waals surface area (Å²) in [6, 6.07) is 19.8. The molecule has 3 aromatic heterocycles. The summed E-state index contributed by atoms with van der Waals surface area (Å²) in [5.41, 5.74) is 11.0. The van der Waals surface area contributed by atoms with Gasteiger partial charge in [0.05, 0.1) is 0 Å². The van der Waals surface area contributed by atoms with Crippen LogP contribution in [0.2, 0.25) is 0 Å². The highest BCUT2D eigenvalue weighted by molar-refractivity contribution is 5.77. The van der Waals surface area contributed by atoms with Gasteiger partial charge < -0.3 is 10.2 Å². The number of rotatable bonds is 4. The van der Waals surface area contributed by atoms with Gasteiger partial charge in [0.15, 0.2) is 17.1 Å². The molecule has 3 N–H and O–H groups in total. The Labute approximate surface area is 154 Å². The van der Waals surface area contributed by atoms with Gasteiger partial charge in [-0.25, -0.2) is 15.1 Å². The number of hydrogen-bond acceptors (Lipinski definition) is 6. The van der Waals surface area contributed by atoms with Crippen LogP contribution in [0.3, 0.4) is 0 Å². The predicted octanol–water partition coefficient (Wildman–Crippen LogP) is 3.45. The van der Waals surface area contributed by atoms with Gasteiger partial charge in [-0.3, -0.25) is 0 Å². The van der Waals surface area contributed by atoms with Crippen molar-refractivity contribution in [2.45, 2.75) is 12.3 Å². The van der Waals surface area contributed by atoms with Crippen LogP contribution in [-0.2, 0) is 6.42 Å². The molecular weight excluding hydrogens is 340 g/mol. The molecule has 0 radical (unpaired) electrons. The number of para-hydroxylation sites is 2. The molecular formula is C20H16N6O. The van der Waals surface area contributed by atoms with Gasteiger partial charge in [0.25, 0.3) is 0 Å². The van der Waals surface area contributed by atoms with Gasteiger partial charge in [-0.2, -0.15) is 0 Å². The molecule has 0 unspecified atom stereocenters. The van der Waals surface area contributed by atoms with Crippen LogP contribution in [0.4, 0.5) is 5.82 Å². The van der Waals surface area contributed by atoms with Crippen molar-refractivity contribution in [1.82, 2.24) is 25.4 Å². The minimum Gasteiger partial charge on any atom is -0.441 e. The first-order valence-corrected chi connectivity index (χ1v) is 8.64. The minimum atomic E-state index is -0.0443. The predicted molar refractivity (Wildman–Crippen MR) is 102 cm³/mol. The number of hydrogen-bond donors (Lipinski definition) is 2. The Bertz CT molecular complexity index is 1190. The third-order valence-electron chi connectivity index (χ3n) is 4.64. The third kappa shape index (κ3) is 2.79. The number of oxazole rings is 1. The highest BCUT2D eigenvalue weighted by atomic mass is 16.3. The number of aromatic amines is 1. The lowest BCUT2D eigenvalue weighted by Gasteiger charge is -2.17. The Balaban J connectivity index is 1.66. The molecule has 27 heavy (non-hydrogen) atoms. The highest BCUT2D eigenvalue weighted by Gasteiger charge is 2.23. The van der Waals surface area contributed by atoms with E-state index in [-0.39, 0.29) is 5.92 Å². The second kappa shape index (κ2) is 6.21. The van der Waals surface area contributed by atoms with Gasteiger partial charge >= 0.3 is 0 Å². The summed E-state index contributed by atoms with van der Waals surface area (Å²) in [7, 11) is 0. The molecule has 7 nitrogen and oxygen atoms in total. The molecule has 0 spiro atoms. The van der Waals surface area contributed by atoms with E-state index in [0.717, 1.165) is 22.2 Å². The quantitative estimate of drug-likeness (QED) is 0.511. The zero-order chi connectivity index (χ0) is 18.2. The van der Waals surface area contributed by atoms with Crippen LogP contribution in [0.1, 0.15) is 22.9 Å². The van der Waals surface area contributed by atoms with E-state index in [1.165, 1.54) is 0 Å². The molecule has 0 saturated heterocycles. The van der Waals surface area contributed by atoms with Gasteiger partial charge in [0.1, 0.15) is 16.9 Å². The number of aromatic nitrogens is 5. The molecule has 0 aliphatic rings. The van der Waals surface area contributed by atoms with Gasteiger partial charge in [-0.05, 0) is 29.3 Å². The van der Waals surface area contributed by atoms with E-state index in [1.54, 1.807) is 0 Å². The molecule has 2 aromatic carbocycles. The van der Waals surface area contributed by atoms with E-state index in [1.807, 2.05) is 48.5 Å². The van der Waals surface area contributed by atoms with Gasteiger partial charge in [0.2, 0.25) is 0 Å². The summed E-state index contributed by atoms with van der Waals surface area (Å²) in [6.45, 7) is 0. The second-order valence-corrected chi connectivity index (χ2v) is 6.39. The zero-order valence-corrected chi connectivity index (χ0v) is 14.3. The van der Waals surface area contributed by atoms with Crippen molar-refractivity contribution in [2.75, 3.05) is 5.73 Å². The van der Waals surface area contributed by atoms with Crippen LogP contribution in [0.5, 0.6) is 0 Å². The van der Waals surface area contributed by atoms with Gasteiger partial charge in [0, 0.05) is 12.3 Å². The smallest absolute Gasteiger partial charge is 0.196 e. The molecule has 1 atom stereocenters. The van der Waals surface area contributed by atoms with Crippen LogP contribution < -0.4 is 5.73 Å². The Morgan fingerprint density at radius 1 is 1.00 bits per heavy atom. The normalized spacial score (nSPS) is 12.6. The average molecular weight is 356 g/mol. The number of benzene rings is 2. The van der Waals surface area contributed by atoms with Crippen LogP contribution in [0.15, 0.2) is 65.1 Å². The number of H-pyrrole nitrogens is 1. The Hall–Kier alpha value is -3.74. The molecule has 7 heteroatoms. The monoisotopic (exact) mass is 356 g/mol. The minimum absolute atomic E-state index is 0.0443. The number of nitrogens with one attached hydrogen (secondary N) is 1. The van der Waals surface area contributed by atoms with Crippen LogP contribution in [0, 0.1) is 0 Å². The lowest BCUT2D eigenvalue weighted by Crippen LogP contribution is -2.08. The highest BCUT2D eigenvalue weighted by Crippen LogP contribution is 2.33. The van der Waals surface area contributed by atoms with Gasteiger partial charge in [-0.15, -0.1) is 5.10 Å². The number of nitrogen functional groups attached to an aromatic ring is 1. The van der Waals surface area contributed by atoms with E-state index in [4.69, 9.17) is 10.2 Å². The maximum absolute atomic E-state index is 6.03. The maximum atomic E-state index is 6.03. The van der Waals surface area contributed by atoms with Crippen molar-refractivity contribution in [3.8, 4) is 0 Å². The number of fused-ring (bicyclic) bond motifs is 2. The van der Waals surface area contributed by atoms with E-state index in [0.29, 0.717) is 29.3 Å². The molecule has 0 aliphatic heterocycles. The fourth-order valence-corrected chi connectivity index (χ4v) is 3.42. The molecule has 0 aliphatic carbocycles. The molecule has 5 rings (SSSR count). The summed E-state index contributed by atoms with van der Waals surface area (Å²) >= 11 is 0. The van der Waals surface area contributed by atoms with E-state index in [9.17, 15) is 0 Å². The summed E-state index contributed by atoms with van der Waals surface area (Å²) in [6.07, 6.45) is 0.574. The lowest BCUT2D eigenvalue weighted by molar-refractivity contribution is 0.515. The molecule has 5 aromatic rings. The molecule has 0 bridgehead atoms. The zero-order valence-electron chi connectivity index (χ0n) is 14.3. The summed E-state index contributed by atoms with van der Waals surface area (Å²) in [5.74, 6) is 1.04. The Morgan fingerprint density at radius 2 is 1.81 bits per heavy atom.